The highest BCUT2D eigenvalue weighted by molar-refractivity contribution is 5.10. The zero-order chi connectivity index (χ0) is 8.48. The molecule has 0 spiro atoms. The molecule has 0 saturated carbocycles. The van der Waals surface area contributed by atoms with Crippen molar-refractivity contribution in [3.63, 3.8) is 0 Å². The van der Waals surface area contributed by atoms with Crippen molar-refractivity contribution in [3.05, 3.63) is 18.0 Å². The molecule has 0 aliphatic heterocycles. The van der Waals surface area contributed by atoms with Crippen LogP contribution in [0.4, 0.5) is 13.2 Å². The smallest absolute Gasteiger partial charge is 0.285 e. The molecular formula is C6H7F3N2. The van der Waals surface area contributed by atoms with E-state index in [0.29, 0.717) is 0 Å². The van der Waals surface area contributed by atoms with Crippen LogP contribution >= 0.6 is 0 Å². The Balaban J connectivity index is 2.78. The van der Waals surface area contributed by atoms with E-state index in [1.807, 2.05) is 0 Å². The molecule has 0 fully saturated rings. The van der Waals surface area contributed by atoms with Crippen LogP contribution in [0.5, 0.6) is 0 Å². The molecule has 11 heavy (non-hydrogen) atoms. The molecule has 1 atom stereocenters. The Morgan fingerprint density at radius 3 is 2.55 bits per heavy atom. The van der Waals surface area contributed by atoms with Crippen molar-refractivity contribution in [2.75, 3.05) is 0 Å². The fourth-order valence-corrected chi connectivity index (χ4v) is 0.687. The van der Waals surface area contributed by atoms with Crippen molar-refractivity contribution in [1.82, 2.24) is 10.2 Å². The van der Waals surface area contributed by atoms with E-state index in [4.69, 9.17) is 0 Å². The number of alkyl halides is 3. The first-order valence-electron chi connectivity index (χ1n) is 3.07. The average Bonchev–Trinajstić information content (AvgIpc) is 2.34. The van der Waals surface area contributed by atoms with Crippen molar-refractivity contribution in [2.45, 2.75) is 19.0 Å². The molecule has 1 unspecified atom stereocenters. The number of hydrogen-bond donors (Lipinski definition) is 1. The van der Waals surface area contributed by atoms with Crippen LogP contribution in [0.25, 0.3) is 0 Å². The Kier molecular flexibility index (Phi) is 1.89. The van der Waals surface area contributed by atoms with Crippen LogP contribution in [0.15, 0.2) is 12.4 Å². The van der Waals surface area contributed by atoms with Crippen molar-refractivity contribution in [3.8, 4) is 0 Å². The Hall–Kier alpha value is -1.00. The van der Waals surface area contributed by atoms with E-state index >= 15 is 0 Å². The zero-order valence-electron chi connectivity index (χ0n) is 5.81. The second kappa shape index (κ2) is 2.56. The third-order valence-electron chi connectivity index (χ3n) is 1.51. The van der Waals surface area contributed by atoms with Crippen LogP contribution in [-0.2, 0) is 0 Å². The van der Waals surface area contributed by atoms with Gasteiger partial charge < -0.3 is 0 Å². The molecule has 1 aromatic heterocycles. The number of nitrogens with zero attached hydrogens (tertiary/aromatic N) is 1. The van der Waals surface area contributed by atoms with Crippen LogP contribution in [0.1, 0.15) is 18.4 Å². The summed E-state index contributed by atoms with van der Waals surface area (Å²) in [6.45, 7) is 1.10. The molecule has 1 N–H and O–H groups in total. The predicted molar refractivity (Wildman–Crippen MR) is 33.1 cm³/mol. The fraction of sp³-hybridized carbons (Fsp3) is 0.500. The largest absolute Gasteiger partial charge is 0.395 e. The summed E-state index contributed by atoms with van der Waals surface area (Å²) in [4.78, 5) is 0. The van der Waals surface area contributed by atoms with Crippen molar-refractivity contribution < 1.29 is 13.2 Å². The topological polar surface area (TPSA) is 28.7 Å². The number of rotatable bonds is 1. The molecule has 0 bridgehead atoms. The van der Waals surface area contributed by atoms with Gasteiger partial charge in [0.1, 0.15) is 0 Å². The molecule has 0 aromatic carbocycles. The first-order chi connectivity index (χ1) is 5.02. The lowest BCUT2D eigenvalue weighted by Gasteiger charge is -2.12. The molecule has 2 nitrogen and oxygen atoms in total. The monoisotopic (exact) mass is 164 g/mol. The van der Waals surface area contributed by atoms with E-state index in [2.05, 4.69) is 10.2 Å². The van der Waals surface area contributed by atoms with Crippen LogP contribution in [-0.4, -0.2) is 16.4 Å². The van der Waals surface area contributed by atoms with Gasteiger partial charge in [0, 0.05) is 11.8 Å². The maximum atomic E-state index is 12.0. The summed E-state index contributed by atoms with van der Waals surface area (Å²) < 4.78 is 35.9. The zero-order valence-corrected chi connectivity index (χ0v) is 5.81. The van der Waals surface area contributed by atoms with Gasteiger partial charge in [0.2, 0.25) is 0 Å². The number of halogens is 3. The van der Waals surface area contributed by atoms with Crippen LogP contribution in [0, 0.1) is 0 Å². The van der Waals surface area contributed by atoms with Gasteiger partial charge in [-0.2, -0.15) is 18.3 Å². The fourth-order valence-electron chi connectivity index (χ4n) is 0.687. The molecular weight excluding hydrogens is 157 g/mol. The second-order valence-corrected chi connectivity index (χ2v) is 2.29. The minimum atomic E-state index is -4.18. The molecule has 1 aromatic rings. The maximum absolute atomic E-state index is 12.0. The summed E-state index contributed by atoms with van der Waals surface area (Å²) >= 11 is 0. The van der Waals surface area contributed by atoms with Gasteiger partial charge in [0.15, 0.2) is 0 Å². The second-order valence-electron chi connectivity index (χ2n) is 2.29. The molecule has 0 aliphatic rings. The lowest BCUT2D eigenvalue weighted by Crippen LogP contribution is -2.16. The van der Waals surface area contributed by atoms with Crippen LogP contribution < -0.4 is 0 Å². The van der Waals surface area contributed by atoms with E-state index < -0.39 is 12.1 Å². The first-order valence-corrected chi connectivity index (χ1v) is 3.07. The Bertz CT molecular complexity index is 214. The highest BCUT2D eigenvalue weighted by Crippen LogP contribution is 2.33. The van der Waals surface area contributed by atoms with Gasteiger partial charge in [0.05, 0.1) is 12.1 Å². The Labute approximate surface area is 61.4 Å². The van der Waals surface area contributed by atoms with Gasteiger partial charge >= 0.3 is 6.18 Å². The third kappa shape index (κ3) is 1.72. The molecule has 62 valence electrons. The highest BCUT2D eigenvalue weighted by Gasteiger charge is 2.37. The lowest BCUT2D eigenvalue weighted by atomic mass is 10.1. The van der Waals surface area contributed by atoms with Crippen molar-refractivity contribution in [2.24, 2.45) is 0 Å². The van der Waals surface area contributed by atoms with Crippen LogP contribution in [0.3, 0.4) is 0 Å². The summed E-state index contributed by atoms with van der Waals surface area (Å²) in [5.74, 6) is -1.44. The van der Waals surface area contributed by atoms with Gasteiger partial charge in [-0.15, -0.1) is 0 Å². The lowest BCUT2D eigenvalue weighted by molar-refractivity contribution is -0.146. The normalized spacial score (nSPS) is 14.9. The third-order valence-corrected chi connectivity index (χ3v) is 1.51. The molecule has 0 radical (unpaired) electrons. The molecule has 5 heteroatoms. The minimum Gasteiger partial charge on any atom is -0.285 e. The van der Waals surface area contributed by atoms with E-state index in [9.17, 15) is 13.2 Å². The number of hydrogen-bond acceptors (Lipinski definition) is 1. The van der Waals surface area contributed by atoms with Gasteiger partial charge in [-0.25, -0.2) is 0 Å². The van der Waals surface area contributed by atoms with E-state index in [1.165, 1.54) is 12.4 Å². The van der Waals surface area contributed by atoms with Crippen molar-refractivity contribution >= 4 is 0 Å². The Morgan fingerprint density at radius 1 is 1.55 bits per heavy atom. The maximum Gasteiger partial charge on any atom is 0.395 e. The SMILES string of the molecule is CC(c1cn[nH]c1)C(F)(F)F. The minimum absolute atomic E-state index is 0.164. The Morgan fingerprint density at radius 2 is 2.18 bits per heavy atom. The van der Waals surface area contributed by atoms with E-state index in [0.717, 1.165) is 6.92 Å². The number of aromatic amines is 1. The van der Waals surface area contributed by atoms with E-state index in [1.54, 1.807) is 0 Å². The van der Waals surface area contributed by atoms with Gasteiger partial charge in [-0.1, -0.05) is 0 Å². The highest BCUT2D eigenvalue weighted by atomic mass is 19.4. The summed E-state index contributed by atoms with van der Waals surface area (Å²) in [6.07, 6.45) is -1.75. The molecule has 1 rings (SSSR count). The summed E-state index contributed by atoms with van der Waals surface area (Å²) in [6, 6.07) is 0. The number of nitrogens with one attached hydrogen (secondary N) is 1. The number of H-pyrrole nitrogens is 1. The first kappa shape index (κ1) is 8.10. The number of aromatic nitrogens is 2. The van der Waals surface area contributed by atoms with Crippen molar-refractivity contribution in [1.29, 1.82) is 0 Å². The molecule has 0 aliphatic carbocycles. The molecule has 0 amide bonds. The standard InChI is InChI=1S/C6H7F3N2/c1-4(6(7,8)9)5-2-10-11-3-5/h2-4H,1H3,(H,10,11). The summed E-state index contributed by atoms with van der Waals surface area (Å²) in [5, 5.41) is 5.76. The summed E-state index contributed by atoms with van der Waals surface area (Å²) in [5.41, 5.74) is 0.164. The van der Waals surface area contributed by atoms with Gasteiger partial charge in [-0.05, 0) is 6.92 Å². The molecule has 0 saturated heterocycles. The summed E-state index contributed by atoms with van der Waals surface area (Å²) in [7, 11) is 0. The van der Waals surface area contributed by atoms with E-state index in [-0.39, 0.29) is 5.56 Å². The predicted octanol–water partition coefficient (Wildman–Crippen LogP) is 2.08. The molecule has 1 heterocycles. The van der Waals surface area contributed by atoms with Crippen LogP contribution in [0.2, 0.25) is 0 Å². The van der Waals surface area contributed by atoms with Gasteiger partial charge in [0.25, 0.3) is 0 Å². The quantitative estimate of drug-likeness (QED) is 0.676. The van der Waals surface area contributed by atoms with Gasteiger partial charge in [-0.3, -0.25) is 5.10 Å². The average molecular weight is 164 g/mol.